The summed E-state index contributed by atoms with van der Waals surface area (Å²) < 4.78 is 47.5. The van der Waals surface area contributed by atoms with Gasteiger partial charge in [0.05, 0.1) is 42.8 Å². The lowest BCUT2D eigenvalue weighted by molar-refractivity contribution is 0.0960. The highest BCUT2D eigenvalue weighted by Crippen LogP contribution is 2.34. The second kappa shape index (κ2) is 11.2. The summed E-state index contributed by atoms with van der Waals surface area (Å²) in [4.78, 5) is 5.22. The van der Waals surface area contributed by atoms with Gasteiger partial charge in [-0.05, 0) is 68.0 Å². The van der Waals surface area contributed by atoms with Gasteiger partial charge in [-0.1, -0.05) is 18.7 Å². The predicted molar refractivity (Wildman–Crippen MR) is 145 cm³/mol. The van der Waals surface area contributed by atoms with Crippen LogP contribution in [0.4, 0.5) is 0 Å². The molecule has 2 aromatic carbocycles. The number of nitrogens with zero attached hydrogens (tertiary/aromatic N) is 3. The Kier molecular flexibility index (Phi) is 7.99. The monoisotopic (exact) mass is 545 g/mol. The van der Waals surface area contributed by atoms with Gasteiger partial charge in [-0.2, -0.15) is 4.31 Å². The third-order valence-electron chi connectivity index (χ3n) is 7.20. The Morgan fingerprint density at radius 2 is 1.97 bits per heavy atom. The Bertz CT molecular complexity index is 1350. The van der Waals surface area contributed by atoms with Crippen molar-refractivity contribution in [2.75, 3.05) is 33.9 Å². The Labute approximate surface area is 223 Å². The van der Waals surface area contributed by atoms with Crippen LogP contribution in [0.25, 0.3) is 11.0 Å². The van der Waals surface area contributed by atoms with Crippen LogP contribution in [0, 0.1) is 5.92 Å². The number of piperidine rings is 1. The van der Waals surface area contributed by atoms with Crippen molar-refractivity contribution in [2.24, 2.45) is 5.92 Å². The summed E-state index contributed by atoms with van der Waals surface area (Å²) in [5.41, 5.74) is 2.61. The zero-order valence-corrected chi connectivity index (χ0v) is 23.3. The third-order valence-corrected chi connectivity index (χ3v) is 10.1. The second-order valence-corrected chi connectivity index (χ2v) is 12.7. The van der Waals surface area contributed by atoms with E-state index in [1.807, 2.05) is 24.3 Å². The van der Waals surface area contributed by atoms with E-state index < -0.39 is 10.0 Å². The van der Waals surface area contributed by atoms with E-state index in [2.05, 4.69) is 11.5 Å². The first-order valence-corrected chi connectivity index (χ1v) is 15.3. The lowest BCUT2D eigenvalue weighted by Gasteiger charge is -2.30. The Morgan fingerprint density at radius 3 is 2.70 bits per heavy atom. The Balaban J connectivity index is 1.48. The number of ether oxygens (including phenoxy) is 3. The summed E-state index contributed by atoms with van der Waals surface area (Å²) in [6.07, 6.45) is 4.15. The molecule has 0 aliphatic carbocycles. The van der Waals surface area contributed by atoms with Crippen molar-refractivity contribution in [1.29, 1.82) is 0 Å². The smallest absolute Gasteiger partial charge is 0.243 e. The molecule has 3 heterocycles. The van der Waals surface area contributed by atoms with Gasteiger partial charge in [0, 0.05) is 31.0 Å². The number of benzene rings is 2. The highest BCUT2D eigenvalue weighted by Gasteiger charge is 2.29. The van der Waals surface area contributed by atoms with Crippen molar-refractivity contribution in [3.05, 3.63) is 42.0 Å². The van der Waals surface area contributed by atoms with Gasteiger partial charge < -0.3 is 18.8 Å². The highest BCUT2D eigenvalue weighted by molar-refractivity contribution is 7.98. The third kappa shape index (κ3) is 5.62. The number of thioether (sulfide) groups is 1. The summed E-state index contributed by atoms with van der Waals surface area (Å²) >= 11 is 1.60. The maximum atomic E-state index is 13.4. The van der Waals surface area contributed by atoms with E-state index in [0.717, 1.165) is 60.0 Å². The molecule has 200 valence electrons. The predicted octanol–water partition coefficient (Wildman–Crippen LogP) is 4.95. The van der Waals surface area contributed by atoms with Crippen molar-refractivity contribution in [3.63, 3.8) is 0 Å². The van der Waals surface area contributed by atoms with E-state index in [1.54, 1.807) is 42.4 Å². The van der Waals surface area contributed by atoms with E-state index in [4.69, 9.17) is 19.2 Å². The lowest BCUT2D eigenvalue weighted by atomic mass is 10.0. The standard InChI is InChI=1S/C27H35N3O5S2/c1-19-6-4-12-29(16-19)37(31,32)23-9-10-25-24(15-23)28-27(30(25)17-22-7-5-13-35-22)36-18-20-14-21(33-2)8-11-26(20)34-3/h8-11,14-15,19,22H,4-7,12-13,16-18H2,1-3H3/t19-,22-/m0/s1. The van der Waals surface area contributed by atoms with Crippen LogP contribution in [0.3, 0.4) is 0 Å². The molecule has 0 spiro atoms. The molecule has 0 radical (unpaired) electrons. The molecule has 8 nitrogen and oxygen atoms in total. The van der Waals surface area contributed by atoms with Crippen LogP contribution in [0.2, 0.25) is 0 Å². The maximum absolute atomic E-state index is 13.4. The van der Waals surface area contributed by atoms with Crippen molar-refractivity contribution >= 4 is 32.8 Å². The highest BCUT2D eigenvalue weighted by atomic mass is 32.2. The molecule has 2 fully saturated rings. The zero-order chi connectivity index (χ0) is 26.0. The lowest BCUT2D eigenvalue weighted by Crippen LogP contribution is -2.39. The van der Waals surface area contributed by atoms with Crippen molar-refractivity contribution in [3.8, 4) is 11.5 Å². The number of imidazole rings is 1. The first-order valence-electron chi connectivity index (χ1n) is 12.8. The quantitative estimate of drug-likeness (QED) is 0.352. The second-order valence-electron chi connectivity index (χ2n) is 9.87. The van der Waals surface area contributed by atoms with Gasteiger partial charge in [0.25, 0.3) is 0 Å². The molecule has 10 heteroatoms. The minimum Gasteiger partial charge on any atom is -0.497 e. The molecule has 0 unspecified atom stereocenters. The average Bonchev–Trinajstić information content (AvgIpc) is 3.55. The largest absolute Gasteiger partial charge is 0.497 e. The van der Waals surface area contributed by atoms with E-state index in [-0.39, 0.29) is 6.10 Å². The molecular formula is C27H35N3O5S2. The van der Waals surface area contributed by atoms with Crippen LogP contribution in [0.15, 0.2) is 46.5 Å². The van der Waals surface area contributed by atoms with Gasteiger partial charge in [-0.25, -0.2) is 13.4 Å². The normalized spacial score (nSPS) is 20.9. The summed E-state index contributed by atoms with van der Waals surface area (Å²) in [6, 6.07) is 11.1. The first kappa shape index (κ1) is 26.3. The molecular weight excluding hydrogens is 510 g/mol. The maximum Gasteiger partial charge on any atom is 0.243 e. The molecule has 2 saturated heterocycles. The SMILES string of the molecule is COc1ccc(OC)c(CSc2nc3cc(S(=O)(=O)N4CCC[C@H](C)C4)ccc3n2C[C@@H]2CCCO2)c1. The van der Waals surface area contributed by atoms with Crippen LogP contribution in [0.1, 0.15) is 38.2 Å². The molecule has 0 saturated carbocycles. The molecule has 0 amide bonds. The average molecular weight is 546 g/mol. The van der Waals surface area contributed by atoms with Crippen LogP contribution < -0.4 is 9.47 Å². The Hall–Kier alpha value is -2.27. The van der Waals surface area contributed by atoms with Crippen molar-refractivity contribution in [2.45, 2.75) is 61.1 Å². The molecule has 5 rings (SSSR count). The Morgan fingerprint density at radius 1 is 1.11 bits per heavy atom. The van der Waals surface area contributed by atoms with Crippen molar-refractivity contribution in [1.82, 2.24) is 13.9 Å². The number of hydrogen-bond donors (Lipinski definition) is 0. The summed E-state index contributed by atoms with van der Waals surface area (Å²) in [6.45, 7) is 4.71. The molecule has 3 aromatic rings. The molecule has 2 atom stereocenters. The number of methoxy groups -OCH3 is 2. The summed E-state index contributed by atoms with van der Waals surface area (Å²) in [5.74, 6) is 2.56. The van der Waals surface area contributed by atoms with Gasteiger partial charge in [0.1, 0.15) is 11.5 Å². The van der Waals surface area contributed by atoms with Crippen LogP contribution in [0.5, 0.6) is 11.5 Å². The van der Waals surface area contributed by atoms with E-state index >= 15 is 0 Å². The topological polar surface area (TPSA) is 82.9 Å². The van der Waals surface area contributed by atoms with Gasteiger partial charge in [-0.3, -0.25) is 0 Å². The fraction of sp³-hybridized carbons (Fsp3) is 0.519. The van der Waals surface area contributed by atoms with Gasteiger partial charge in [-0.15, -0.1) is 0 Å². The first-order chi connectivity index (χ1) is 17.9. The van der Waals surface area contributed by atoms with Gasteiger partial charge in [0.15, 0.2) is 5.16 Å². The number of sulfonamides is 1. The van der Waals surface area contributed by atoms with E-state index in [1.165, 1.54) is 0 Å². The van der Waals surface area contributed by atoms with Gasteiger partial charge >= 0.3 is 0 Å². The van der Waals surface area contributed by atoms with Crippen LogP contribution in [-0.2, 0) is 27.1 Å². The summed E-state index contributed by atoms with van der Waals surface area (Å²) in [5, 5.41) is 0.830. The fourth-order valence-corrected chi connectivity index (χ4v) is 7.80. The fourth-order valence-electron chi connectivity index (χ4n) is 5.18. The van der Waals surface area contributed by atoms with E-state index in [0.29, 0.717) is 41.7 Å². The summed E-state index contributed by atoms with van der Waals surface area (Å²) in [7, 11) is -0.253. The van der Waals surface area contributed by atoms with Crippen molar-refractivity contribution < 1.29 is 22.6 Å². The molecule has 2 aliphatic heterocycles. The number of rotatable bonds is 9. The number of hydrogen-bond acceptors (Lipinski definition) is 7. The molecule has 37 heavy (non-hydrogen) atoms. The number of aromatic nitrogens is 2. The van der Waals surface area contributed by atoms with Gasteiger partial charge in [0.2, 0.25) is 10.0 Å². The molecule has 0 N–H and O–H groups in total. The molecule has 0 bridgehead atoms. The number of fused-ring (bicyclic) bond motifs is 1. The van der Waals surface area contributed by atoms with E-state index in [9.17, 15) is 8.42 Å². The zero-order valence-electron chi connectivity index (χ0n) is 21.7. The molecule has 2 aliphatic rings. The molecule has 1 aromatic heterocycles. The minimum atomic E-state index is -3.56. The van der Waals surface area contributed by atoms with Crippen LogP contribution >= 0.6 is 11.8 Å². The van der Waals surface area contributed by atoms with Crippen LogP contribution in [-0.4, -0.2) is 62.3 Å². The minimum absolute atomic E-state index is 0.126.